The minimum atomic E-state index is -3.62. The van der Waals surface area contributed by atoms with Gasteiger partial charge < -0.3 is 5.73 Å². The fraction of sp³-hybridized carbons (Fsp3) is 0.455. The van der Waals surface area contributed by atoms with Crippen LogP contribution in [-0.2, 0) is 10.0 Å². The molecule has 0 fully saturated rings. The van der Waals surface area contributed by atoms with E-state index in [1.54, 1.807) is 6.92 Å². The van der Waals surface area contributed by atoms with E-state index >= 15 is 0 Å². The summed E-state index contributed by atoms with van der Waals surface area (Å²) in [4.78, 5) is -0.00903. The van der Waals surface area contributed by atoms with Crippen LogP contribution in [0.2, 0.25) is 0 Å². The maximum atomic E-state index is 13.0. The molecule has 0 aliphatic rings. The van der Waals surface area contributed by atoms with Crippen molar-refractivity contribution >= 4 is 22.4 Å². The SMILES string of the molecule is Cc1ccc(F)cc1S(=O)(=O)NCCCCN.Cl. The molecule has 18 heavy (non-hydrogen) atoms. The van der Waals surface area contributed by atoms with E-state index < -0.39 is 15.8 Å². The van der Waals surface area contributed by atoms with Crippen molar-refractivity contribution in [1.29, 1.82) is 0 Å². The zero-order valence-electron chi connectivity index (χ0n) is 10.1. The highest BCUT2D eigenvalue weighted by atomic mass is 35.5. The van der Waals surface area contributed by atoms with Gasteiger partial charge in [-0.15, -0.1) is 12.4 Å². The van der Waals surface area contributed by atoms with Crippen molar-refractivity contribution < 1.29 is 12.8 Å². The molecule has 7 heteroatoms. The molecule has 4 nitrogen and oxygen atoms in total. The van der Waals surface area contributed by atoms with E-state index in [1.807, 2.05) is 0 Å². The van der Waals surface area contributed by atoms with Gasteiger partial charge in [-0.2, -0.15) is 0 Å². The van der Waals surface area contributed by atoms with Gasteiger partial charge >= 0.3 is 0 Å². The van der Waals surface area contributed by atoms with Gasteiger partial charge in [-0.25, -0.2) is 17.5 Å². The quantitative estimate of drug-likeness (QED) is 0.783. The second kappa shape index (κ2) is 7.68. The molecule has 0 saturated heterocycles. The number of hydrogen-bond acceptors (Lipinski definition) is 3. The van der Waals surface area contributed by atoms with Gasteiger partial charge in [0.25, 0.3) is 0 Å². The summed E-state index contributed by atoms with van der Waals surface area (Å²) in [5, 5.41) is 0. The molecule has 0 unspecified atom stereocenters. The number of aryl methyl sites for hydroxylation is 1. The molecule has 1 aromatic carbocycles. The summed E-state index contributed by atoms with van der Waals surface area (Å²) in [7, 11) is -3.62. The zero-order valence-corrected chi connectivity index (χ0v) is 11.8. The summed E-state index contributed by atoms with van der Waals surface area (Å²) in [6.07, 6.45) is 1.43. The van der Waals surface area contributed by atoms with Gasteiger partial charge in [0.05, 0.1) is 4.90 Å². The monoisotopic (exact) mass is 296 g/mol. The molecular formula is C11H18ClFN2O2S. The number of benzene rings is 1. The van der Waals surface area contributed by atoms with E-state index in [9.17, 15) is 12.8 Å². The minimum Gasteiger partial charge on any atom is -0.330 e. The molecule has 0 saturated carbocycles. The Labute approximate surface area is 113 Å². The van der Waals surface area contributed by atoms with Crippen molar-refractivity contribution in [3.63, 3.8) is 0 Å². The summed E-state index contributed by atoms with van der Waals surface area (Å²) in [5.41, 5.74) is 5.83. The predicted molar refractivity (Wildman–Crippen MR) is 71.9 cm³/mol. The van der Waals surface area contributed by atoms with Crippen molar-refractivity contribution in [2.24, 2.45) is 5.73 Å². The second-order valence-corrected chi connectivity index (χ2v) is 5.54. The average Bonchev–Trinajstić information content (AvgIpc) is 2.28. The number of nitrogens with one attached hydrogen (secondary N) is 1. The third-order valence-electron chi connectivity index (χ3n) is 2.36. The smallest absolute Gasteiger partial charge is 0.240 e. The van der Waals surface area contributed by atoms with E-state index in [0.29, 0.717) is 25.1 Å². The number of nitrogens with two attached hydrogens (primary N) is 1. The fourth-order valence-corrected chi connectivity index (χ4v) is 2.75. The van der Waals surface area contributed by atoms with Crippen LogP contribution in [0.1, 0.15) is 18.4 Å². The lowest BCUT2D eigenvalue weighted by Gasteiger charge is -2.09. The molecule has 0 aliphatic heterocycles. The van der Waals surface area contributed by atoms with Gasteiger partial charge in [0.1, 0.15) is 5.82 Å². The maximum absolute atomic E-state index is 13.0. The van der Waals surface area contributed by atoms with Crippen LogP contribution in [0.15, 0.2) is 23.1 Å². The number of unbranched alkanes of at least 4 members (excludes halogenated alkanes) is 1. The van der Waals surface area contributed by atoms with Gasteiger partial charge in [0.2, 0.25) is 10.0 Å². The average molecular weight is 297 g/mol. The standard InChI is InChI=1S/C11H17FN2O2S.ClH/c1-9-4-5-10(12)8-11(9)17(15,16)14-7-3-2-6-13;/h4-5,8,14H,2-3,6-7,13H2,1H3;1H. The molecule has 0 aromatic heterocycles. The molecule has 1 aromatic rings. The van der Waals surface area contributed by atoms with Crippen LogP contribution in [0.4, 0.5) is 4.39 Å². The molecule has 1 rings (SSSR count). The Morgan fingerprint density at radius 1 is 1.33 bits per heavy atom. The molecule has 3 N–H and O–H groups in total. The summed E-state index contributed by atoms with van der Waals surface area (Å²) in [6, 6.07) is 3.72. The Morgan fingerprint density at radius 3 is 2.61 bits per heavy atom. The summed E-state index contributed by atoms with van der Waals surface area (Å²) >= 11 is 0. The molecule has 0 radical (unpaired) electrons. The van der Waals surface area contributed by atoms with Crippen molar-refractivity contribution in [2.75, 3.05) is 13.1 Å². The minimum absolute atomic E-state index is 0. The Kier molecular flexibility index (Phi) is 7.39. The van der Waals surface area contributed by atoms with Gasteiger partial charge in [-0.05, 0) is 44.0 Å². The lowest BCUT2D eigenvalue weighted by Crippen LogP contribution is -2.26. The first kappa shape index (κ1) is 17.3. The van der Waals surface area contributed by atoms with Gasteiger partial charge in [0.15, 0.2) is 0 Å². The van der Waals surface area contributed by atoms with Gasteiger partial charge in [-0.3, -0.25) is 0 Å². The summed E-state index contributed by atoms with van der Waals surface area (Å²) in [5.74, 6) is -0.557. The molecule has 0 amide bonds. The third-order valence-corrected chi connectivity index (χ3v) is 3.97. The van der Waals surface area contributed by atoms with E-state index in [2.05, 4.69) is 4.72 Å². The maximum Gasteiger partial charge on any atom is 0.240 e. The van der Waals surface area contributed by atoms with Crippen LogP contribution in [0.25, 0.3) is 0 Å². The van der Waals surface area contributed by atoms with E-state index in [0.717, 1.165) is 12.5 Å². The number of rotatable bonds is 6. The molecule has 0 bridgehead atoms. The van der Waals surface area contributed by atoms with Crippen LogP contribution in [0, 0.1) is 12.7 Å². The Hall–Kier alpha value is -0.690. The third kappa shape index (κ3) is 4.89. The largest absolute Gasteiger partial charge is 0.330 e. The second-order valence-electron chi connectivity index (χ2n) is 3.80. The Bertz CT molecular complexity index is 480. The van der Waals surface area contributed by atoms with Crippen molar-refractivity contribution in [3.05, 3.63) is 29.6 Å². The van der Waals surface area contributed by atoms with Crippen molar-refractivity contribution in [2.45, 2.75) is 24.7 Å². The van der Waals surface area contributed by atoms with Gasteiger partial charge in [0, 0.05) is 6.54 Å². The molecule has 0 atom stereocenters. The highest BCUT2D eigenvalue weighted by Crippen LogP contribution is 2.16. The highest BCUT2D eigenvalue weighted by Gasteiger charge is 2.16. The zero-order chi connectivity index (χ0) is 12.9. The summed E-state index contributed by atoms with van der Waals surface area (Å²) in [6.45, 7) is 2.48. The van der Waals surface area contributed by atoms with Gasteiger partial charge in [-0.1, -0.05) is 6.07 Å². The van der Waals surface area contributed by atoms with Crippen LogP contribution in [0.3, 0.4) is 0 Å². The van der Waals surface area contributed by atoms with Crippen molar-refractivity contribution in [3.8, 4) is 0 Å². The predicted octanol–water partition coefficient (Wildman–Crippen LogP) is 1.57. The Morgan fingerprint density at radius 2 is 2.00 bits per heavy atom. The van der Waals surface area contributed by atoms with E-state index in [4.69, 9.17) is 5.73 Å². The summed E-state index contributed by atoms with van der Waals surface area (Å²) < 4.78 is 39.2. The Balaban J connectivity index is 0.00000289. The molecule has 0 aliphatic carbocycles. The van der Waals surface area contributed by atoms with Crippen LogP contribution in [-0.4, -0.2) is 21.5 Å². The lowest BCUT2D eigenvalue weighted by molar-refractivity contribution is 0.572. The lowest BCUT2D eigenvalue weighted by atomic mass is 10.2. The van der Waals surface area contributed by atoms with Crippen LogP contribution >= 0.6 is 12.4 Å². The molecule has 0 heterocycles. The van der Waals surface area contributed by atoms with Crippen LogP contribution in [0.5, 0.6) is 0 Å². The fourth-order valence-electron chi connectivity index (χ4n) is 1.42. The topological polar surface area (TPSA) is 72.2 Å². The number of halogens is 2. The first-order valence-corrected chi connectivity index (χ1v) is 6.91. The first-order valence-electron chi connectivity index (χ1n) is 5.43. The first-order chi connectivity index (χ1) is 7.97. The van der Waals surface area contributed by atoms with Crippen LogP contribution < -0.4 is 10.5 Å². The normalized spacial score (nSPS) is 11.1. The number of sulfonamides is 1. The molecule has 0 spiro atoms. The van der Waals surface area contributed by atoms with E-state index in [1.165, 1.54) is 12.1 Å². The molecule has 104 valence electrons. The highest BCUT2D eigenvalue weighted by molar-refractivity contribution is 7.89. The number of hydrogen-bond donors (Lipinski definition) is 2. The van der Waals surface area contributed by atoms with Crippen molar-refractivity contribution in [1.82, 2.24) is 4.72 Å². The molecular weight excluding hydrogens is 279 g/mol. The van der Waals surface area contributed by atoms with E-state index in [-0.39, 0.29) is 17.3 Å².